The van der Waals surface area contributed by atoms with Gasteiger partial charge < -0.3 is 10.1 Å². The van der Waals surface area contributed by atoms with Gasteiger partial charge in [0.25, 0.3) is 0 Å². The highest BCUT2D eigenvalue weighted by atomic mass is 16.5. The number of nitrogens with zero attached hydrogens (tertiary/aromatic N) is 5. The summed E-state index contributed by atoms with van der Waals surface area (Å²) >= 11 is 0. The third kappa shape index (κ3) is 4.91. The molecule has 1 amide bonds. The third-order valence-electron chi connectivity index (χ3n) is 5.62. The second-order valence-electron chi connectivity index (χ2n) is 8.01. The molecule has 1 unspecified atom stereocenters. The van der Waals surface area contributed by atoms with Gasteiger partial charge in [-0.15, -0.1) is 0 Å². The van der Waals surface area contributed by atoms with Crippen molar-refractivity contribution in [2.24, 2.45) is 0 Å². The molecule has 1 saturated heterocycles. The highest BCUT2D eigenvalue weighted by molar-refractivity contribution is 5.72. The highest BCUT2D eigenvalue weighted by Crippen LogP contribution is 2.32. The molecule has 1 N–H and O–H groups in total. The Morgan fingerprint density at radius 1 is 1.19 bits per heavy atom. The summed E-state index contributed by atoms with van der Waals surface area (Å²) in [5.41, 5.74) is 5.55. The van der Waals surface area contributed by atoms with E-state index in [1.807, 2.05) is 23.3 Å². The first-order valence-corrected chi connectivity index (χ1v) is 10.5. The Balaban J connectivity index is 1.55. The van der Waals surface area contributed by atoms with Crippen molar-refractivity contribution in [3.63, 3.8) is 0 Å². The fourth-order valence-electron chi connectivity index (χ4n) is 4.06. The Morgan fingerprint density at radius 3 is 2.61 bits per heavy atom. The predicted octanol–water partition coefficient (Wildman–Crippen LogP) is 2.60. The van der Waals surface area contributed by atoms with E-state index in [1.165, 1.54) is 18.2 Å². The van der Waals surface area contributed by atoms with Crippen LogP contribution in [0.15, 0.2) is 42.9 Å². The Bertz CT molecular complexity index is 1030. The van der Waals surface area contributed by atoms with E-state index in [9.17, 15) is 4.79 Å². The lowest BCUT2D eigenvalue weighted by molar-refractivity contribution is -0.119. The van der Waals surface area contributed by atoms with Gasteiger partial charge in [-0.2, -0.15) is 5.10 Å². The number of methoxy groups -OCH3 is 1. The van der Waals surface area contributed by atoms with Crippen LogP contribution in [0.2, 0.25) is 0 Å². The van der Waals surface area contributed by atoms with Gasteiger partial charge in [0.1, 0.15) is 0 Å². The van der Waals surface area contributed by atoms with Crippen LogP contribution in [-0.2, 0) is 17.9 Å². The molecule has 8 heteroatoms. The minimum absolute atomic E-state index is 0.0402. The van der Waals surface area contributed by atoms with Crippen LogP contribution < -0.4 is 10.1 Å². The number of amides is 1. The largest absolute Gasteiger partial charge is 0.467 e. The van der Waals surface area contributed by atoms with Crippen LogP contribution in [-0.4, -0.2) is 50.8 Å². The van der Waals surface area contributed by atoms with Crippen molar-refractivity contribution < 1.29 is 9.53 Å². The van der Waals surface area contributed by atoms with Crippen molar-refractivity contribution in [2.75, 3.05) is 20.2 Å². The summed E-state index contributed by atoms with van der Waals surface area (Å²) in [7, 11) is 1.57. The lowest BCUT2D eigenvalue weighted by Crippen LogP contribution is -2.22. The van der Waals surface area contributed by atoms with Gasteiger partial charge in [-0.05, 0) is 32.0 Å². The number of aromatic nitrogens is 4. The average Bonchev–Trinajstić information content (AvgIpc) is 3.40. The number of carbonyl (C=O) groups excluding carboxylic acids is 1. The number of hydrogen-bond donors (Lipinski definition) is 1. The first-order valence-electron chi connectivity index (χ1n) is 10.5. The Labute approximate surface area is 182 Å². The molecule has 8 nitrogen and oxygen atoms in total. The number of nitrogens with one attached hydrogen (secondary N) is 1. The summed E-state index contributed by atoms with van der Waals surface area (Å²) < 4.78 is 7.07. The summed E-state index contributed by atoms with van der Waals surface area (Å²) in [4.78, 5) is 22.3. The third-order valence-corrected chi connectivity index (χ3v) is 5.62. The molecule has 1 aromatic carbocycles. The van der Waals surface area contributed by atoms with Gasteiger partial charge in [-0.3, -0.25) is 9.69 Å². The van der Waals surface area contributed by atoms with Crippen LogP contribution in [0.3, 0.4) is 0 Å². The van der Waals surface area contributed by atoms with Gasteiger partial charge in [-0.1, -0.05) is 17.7 Å². The summed E-state index contributed by atoms with van der Waals surface area (Å²) in [6.45, 7) is 6.79. The van der Waals surface area contributed by atoms with Crippen LogP contribution >= 0.6 is 0 Å². The molecule has 162 valence electrons. The van der Waals surface area contributed by atoms with Gasteiger partial charge in [0.2, 0.25) is 5.91 Å². The quantitative estimate of drug-likeness (QED) is 0.632. The van der Waals surface area contributed by atoms with E-state index in [1.54, 1.807) is 7.11 Å². The molecular weight excluding hydrogens is 392 g/mol. The number of benzene rings is 1. The van der Waals surface area contributed by atoms with Gasteiger partial charge in [-0.25, -0.2) is 14.6 Å². The highest BCUT2D eigenvalue weighted by Gasteiger charge is 2.29. The molecule has 1 aliphatic rings. The van der Waals surface area contributed by atoms with E-state index >= 15 is 0 Å². The normalized spacial score (nSPS) is 16.4. The maximum absolute atomic E-state index is 11.5. The van der Waals surface area contributed by atoms with E-state index in [0.717, 1.165) is 42.9 Å². The molecular formula is C23H28N6O2. The maximum atomic E-state index is 11.5. The van der Waals surface area contributed by atoms with Crippen LogP contribution in [0.4, 0.5) is 0 Å². The molecule has 0 bridgehead atoms. The van der Waals surface area contributed by atoms with Gasteiger partial charge in [0, 0.05) is 56.0 Å². The van der Waals surface area contributed by atoms with E-state index < -0.39 is 0 Å². The minimum atomic E-state index is -0.0402. The lowest BCUT2D eigenvalue weighted by Gasteiger charge is -2.18. The average molecular weight is 421 g/mol. The van der Waals surface area contributed by atoms with E-state index in [-0.39, 0.29) is 5.91 Å². The zero-order valence-electron chi connectivity index (χ0n) is 18.2. The van der Waals surface area contributed by atoms with E-state index in [4.69, 9.17) is 4.74 Å². The van der Waals surface area contributed by atoms with Crippen LogP contribution in [0, 0.1) is 6.92 Å². The molecule has 31 heavy (non-hydrogen) atoms. The number of likely N-dealkylation sites (tertiary alicyclic amines) is 1. The number of ether oxygens (including phenoxy) is 1. The first-order chi connectivity index (χ1) is 15.0. The number of aryl methyl sites for hydroxylation is 1. The molecule has 2 aromatic heterocycles. The first kappa shape index (κ1) is 21.0. The fraction of sp³-hybridized carbons (Fsp3) is 0.391. The van der Waals surface area contributed by atoms with Crippen molar-refractivity contribution in [1.29, 1.82) is 0 Å². The zero-order chi connectivity index (χ0) is 21.8. The van der Waals surface area contributed by atoms with Crippen molar-refractivity contribution in [3.05, 3.63) is 65.2 Å². The molecule has 0 radical (unpaired) electrons. The molecule has 3 heterocycles. The minimum Gasteiger partial charge on any atom is -0.467 e. The predicted molar refractivity (Wildman–Crippen MR) is 117 cm³/mol. The molecule has 0 saturated carbocycles. The summed E-state index contributed by atoms with van der Waals surface area (Å²) in [5, 5.41) is 7.61. The SMILES string of the molecule is COc1ncc(CN2CCC(c3c(CNC(C)=O)cnn3-c3ccc(C)cc3)C2)cn1. The number of carbonyl (C=O) groups is 1. The Hall–Kier alpha value is -3.26. The number of hydrogen-bond acceptors (Lipinski definition) is 6. The Morgan fingerprint density at radius 2 is 1.94 bits per heavy atom. The van der Waals surface area contributed by atoms with Crippen LogP contribution in [0.1, 0.15) is 41.6 Å². The fourth-order valence-corrected chi connectivity index (χ4v) is 4.06. The summed E-state index contributed by atoms with van der Waals surface area (Å²) in [6, 6.07) is 8.76. The van der Waals surface area contributed by atoms with Crippen molar-refractivity contribution in [3.8, 4) is 11.7 Å². The topological polar surface area (TPSA) is 85.2 Å². The molecule has 1 aliphatic heterocycles. The maximum Gasteiger partial charge on any atom is 0.316 e. The molecule has 0 aliphatic carbocycles. The molecule has 4 rings (SSSR count). The second kappa shape index (κ2) is 9.26. The Kier molecular flexibility index (Phi) is 6.27. The molecule has 0 spiro atoms. The molecule has 1 fully saturated rings. The van der Waals surface area contributed by atoms with Crippen LogP contribution in [0.25, 0.3) is 5.69 Å². The molecule has 3 aromatic rings. The standard InChI is InChI=1S/C23H28N6O2/c1-16-4-6-21(7-5-16)29-22(20(13-27-29)12-24-17(2)30)19-8-9-28(15-19)14-18-10-25-23(31-3)26-11-18/h4-7,10-11,13,19H,8-9,12,14-15H2,1-3H3,(H,24,30). The van der Waals surface area contributed by atoms with E-state index in [0.29, 0.717) is 18.5 Å². The van der Waals surface area contributed by atoms with Gasteiger partial charge in [0.15, 0.2) is 0 Å². The van der Waals surface area contributed by atoms with Crippen LogP contribution in [0.5, 0.6) is 6.01 Å². The smallest absolute Gasteiger partial charge is 0.316 e. The molecule has 1 atom stereocenters. The van der Waals surface area contributed by atoms with Gasteiger partial charge in [0.05, 0.1) is 24.7 Å². The van der Waals surface area contributed by atoms with Crippen molar-refractivity contribution in [1.82, 2.24) is 30.0 Å². The van der Waals surface area contributed by atoms with Crippen molar-refractivity contribution >= 4 is 5.91 Å². The van der Waals surface area contributed by atoms with Crippen molar-refractivity contribution in [2.45, 2.75) is 39.3 Å². The van der Waals surface area contributed by atoms with Gasteiger partial charge >= 0.3 is 6.01 Å². The summed E-state index contributed by atoms with van der Waals surface area (Å²) in [6.07, 6.45) is 6.54. The number of rotatable bonds is 7. The lowest BCUT2D eigenvalue weighted by atomic mass is 10.00. The van der Waals surface area contributed by atoms with E-state index in [2.05, 4.69) is 56.5 Å². The summed E-state index contributed by atoms with van der Waals surface area (Å²) in [5.74, 6) is 0.285. The second-order valence-corrected chi connectivity index (χ2v) is 8.01. The monoisotopic (exact) mass is 420 g/mol. The zero-order valence-corrected chi connectivity index (χ0v) is 18.2.